The topological polar surface area (TPSA) is 88.1 Å². The van der Waals surface area contributed by atoms with Gasteiger partial charge in [-0.1, -0.05) is 23.2 Å². The van der Waals surface area contributed by atoms with E-state index in [1.165, 1.54) is 14.2 Å². The molecular formula is C18H14Cl2O7. The van der Waals surface area contributed by atoms with E-state index >= 15 is 0 Å². The Labute approximate surface area is 164 Å². The van der Waals surface area contributed by atoms with Gasteiger partial charge in [0.25, 0.3) is 5.60 Å². The molecule has 1 aromatic carbocycles. The predicted molar refractivity (Wildman–Crippen MR) is 95.6 cm³/mol. The summed E-state index contributed by atoms with van der Waals surface area (Å²) in [5.74, 6) is -2.35. The molecule has 27 heavy (non-hydrogen) atoms. The van der Waals surface area contributed by atoms with Crippen molar-refractivity contribution in [3.8, 4) is 11.5 Å². The second-order valence-electron chi connectivity index (χ2n) is 5.77. The van der Waals surface area contributed by atoms with Crippen molar-refractivity contribution in [3.63, 3.8) is 0 Å². The first-order valence-corrected chi connectivity index (χ1v) is 8.40. The zero-order chi connectivity index (χ0) is 20.1. The molecule has 1 atom stereocenters. The van der Waals surface area contributed by atoms with Crippen LogP contribution in [0.1, 0.15) is 15.9 Å². The lowest BCUT2D eigenvalue weighted by Gasteiger charge is -2.31. The average molecular weight is 413 g/mol. The standard InChI is InChI=1S/C18H14Cl2O7/c1-7-12(19)14(25-3)11-15(13(7)20)27-18(16(11)22)9(17(23)26-4)5-8(21)6-10(18)24-2/h5-6H,1-4H3/t18-/m1/s1. The summed E-state index contributed by atoms with van der Waals surface area (Å²) in [4.78, 5) is 37.8. The van der Waals surface area contributed by atoms with Crippen LogP contribution in [0, 0.1) is 6.92 Å². The van der Waals surface area contributed by atoms with Crippen molar-refractivity contribution in [2.45, 2.75) is 12.5 Å². The number of carbonyl (C=O) groups is 3. The van der Waals surface area contributed by atoms with Gasteiger partial charge in [0.1, 0.15) is 11.1 Å². The van der Waals surface area contributed by atoms with Gasteiger partial charge in [0.2, 0.25) is 5.78 Å². The van der Waals surface area contributed by atoms with Crippen molar-refractivity contribution < 1.29 is 33.3 Å². The van der Waals surface area contributed by atoms with Crippen LogP contribution in [0.15, 0.2) is 23.5 Å². The van der Waals surface area contributed by atoms with Gasteiger partial charge >= 0.3 is 5.97 Å². The van der Waals surface area contributed by atoms with Crippen molar-refractivity contribution in [1.29, 1.82) is 0 Å². The van der Waals surface area contributed by atoms with Crippen LogP contribution >= 0.6 is 23.2 Å². The van der Waals surface area contributed by atoms with Crippen LogP contribution in [-0.4, -0.2) is 44.5 Å². The number of benzene rings is 1. The van der Waals surface area contributed by atoms with Crippen LogP contribution < -0.4 is 9.47 Å². The third kappa shape index (κ3) is 2.45. The van der Waals surface area contributed by atoms with Gasteiger partial charge in [-0.15, -0.1) is 0 Å². The maximum Gasteiger partial charge on any atom is 0.338 e. The fourth-order valence-electron chi connectivity index (χ4n) is 3.13. The number of carbonyl (C=O) groups excluding carboxylic acids is 3. The third-order valence-electron chi connectivity index (χ3n) is 4.43. The van der Waals surface area contributed by atoms with E-state index in [1.807, 2.05) is 0 Å². The van der Waals surface area contributed by atoms with Gasteiger partial charge in [-0.25, -0.2) is 4.79 Å². The molecule has 0 aromatic heterocycles. The largest absolute Gasteiger partial charge is 0.496 e. The zero-order valence-electron chi connectivity index (χ0n) is 14.8. The first kappa shape index (κ1) is 19.3. The smallest absolute Gasteiger partial charge is 0.338 e. The molecule has 1 heterocycles. The molecule has 0 fully saturated rings. The summed E-state index contributed by atoms with van der Waals surface area (Å²) in [6.07, 6.45) is 2.03. The summed E-state index contributed by atoms with van der Waals surface area (Å²) >= 11 is 12.6. The first-order valence-electron chi connectivity index (χ1n) is 7.64. The lowest BCUT2D eigenvalue weighted by molar-refractivity contribution is -0.138. The number of Topliss-reactive ketones (excluding diaryl/α,β-unsaturated/α-hetero) is 1. The summed E-state index contributed by atoms with van der Waals surface area (Å²) in [5.41, 5.74) is -2.02. The Morgan fingerprint density at radius 3 is 2.30 bits per heavy atom. The Kier molecular flexibility index (Phi) is 4.69. The quantitative estimate of drug-likeness (QED) is 0.705. The molecule has 0 saturated carbocycles. The zero-order valence-corrected chi connectivity index (χ0v) is 16.3. The SMILES string of the molecule is COC(=O)C1=CC(=O)C=C(OC)[C@]12Oc1c(Cl)c(C)c(Cl)c(OC)c1C2=O. The molecule has 9 heteroatoms. The number of hydrogen-bond donors (Lipinski definition) is 0. The van der Waals surface area contributed by atoms with Gasteiger partial charge in [0.15, 0.2) is 23.0 Å². The van der Waals surface area contributed by atoms with Crippen LogP contribution in [-0.2, 0) is 19.1 Å². The van der Waals surface area contributed by atoms with E-state index in [-0.39, 0.29) is 38.4 Å². The van der Waals surface area contributed by atoms with Crippen LogP contribution in [0.4, 0.5) is 0 Å². The third-order valence-corrected chi connectivity index (χ3v) is 5.34. The highest BCUT2D eigenvalue weighted by atomic mass is 35.5. The number of fused-ring (bicyclic) bond motifs is 1. The first-order chi connectivity index (χ1) is 12.7. The molecule has 1 aliphatic carbocycles. The van der Waals surface area contributed by atoms with E-state index in [2.05, 4.69) is 0 Å². The fourth-order valence-corrected chi connectivity index (χ4v) is 3.67. The Bertz CT molecular complexity index is 961. The summed E-state index contributed by atoms with van der Waals surface area (Å²) in [6.45, 7) is 1.63. The lowest BCUT2D eigenvalue weighted by atomic mass is 9.81. The monoisotopic (exact) mass is 412 g/mol. The Balaban J connectivity index is 2.36. The average Bonchev–Trinajstić information content (AvgIpc) is 2.95. The number of rotatable bonds is 3. The molecule has 0 bridgehead atoms. The molecule has 0 N–H and O–H groups in total. The lowest BCUT2D eigenvalue weighted by Crippen LogP contribution is -2.49. The second-order valence-corrected chi connectivity index (χ2v) is 6.52. The van der Waals surface area contributed by atoms with Gasteiger partial charge in [0, 0.05) is 12.2 Å². The Hall–Kier alpha value is -2.51. The maximum atomic E-state index is 13.5. The Morgan fingerprint density at radius 2 is 1.74 bits per heavy atom. The highest BCUT2D eigenvalue weighted by molar-refractivity contribution is 6.40. The highest BCUT2D eigenvalue weighted by Crippen LogP contribution is 2.54. The number of ketones is 2. The molecular weight excluding hydrogens is 399 g/mol. The van der Waals surface area contributed by atoms with Crippen molar-refractivity contribution in [2.75, 3.05) is 21.3 Å². The van der Waals surface area contributed by atoms with Gasteiger partial charge in [0.05, 0.1) is 31.4 Å². The van der Waals surface area contributed by atoms with E-state index in [1.54, 1.807) is 6.92 Å². The molecule has 0 saturated heterocycles. The normalized spacial score (nSPS) is 20.7. The van der Waals surface area contributed by atoms with Crippen LogP contribution in [0.2, 0.25) is 10.0 Å². The summed E-state index contributed by atoms with van der Waals surface area (Å²) in [6, 6.07) is 0. The molecule has 0 unspecified atom stereocenters. The fraction of sp³-hybridized carbons (Fsp3) is 0.278. The molecule has 2 aliphatic rings. The molecule has 0 radical (unpaired) electrons. The number of allylic oxidation sites excluding steroid dienone is 2. The number of esters is 1. The maximum absolute atomic E-state index is 13.5. The van der Waals surface area contributed by atoms with Crippen LogP contribution in [0.25, 0.3) is 0 Å². The molecule has 3 rings (SSSR count). The second kappa shape index (κ2) is 6.58. The van der Waals surface area contributed by atoms with Gasteiger partial charge in [-0.05, 0) is 12.5 Å². The summed E-state index contributed by atoms with van der Waals surface area (Å²) < 4.78 is 21.2. The van der Waals surface area contributed by atoms with Crippen molar-refractivity contribution in [2.24, 2.45) is 0 Å². The van der Waals surface area contributed by atoms with E-state index < -0.39 is 23.1 Å². The summed E-state index contributed by atoms with van der Waals surface area (Å²) in [7, 11) is 3.70. The molecule has 1 spiro atoms. The minimum absolute atomic E-state index is 0.0208. The Morgan fingerprint density at radius 1 is 1.07 bits per heavy atom. The number of methoxy groups -OCH3 is 3. The molecule has 1 aliphatic heterocycles. The van der Waals surface area contributed by atoms with Gasteiger partial charge in [-0.3, -0.25) is 9.59 Å². The number of hydrogen-bond acceptors (Lipinski definition) is 7. The van der Waals surface area contributed by atoms with Crippen LogP contribution in [0.3, 0.4) is 0 Å². The molecule has 0 amide bonds. The van der Waals surface area contributed by atoms with E-state index in [9.17, 15) is 14.4 Å². The van der Waals surface area contributed by atoms with Gasteiger partial charge < -0.3 is 18.9 Å². The minimum Gasteiger partial charge on any atom is -0.496 e. The number of ether oxygens (including phenoxy) is 4. The van der Waals surface area contributed by atoms with E-state index in [0.717, 1.165) is 19.3 Å². The van der Waals surface area contributed by atoms with Crippen molar-refractivity contribution in [3.05, 3.63) is 44.7 Å². The molecule has 1 aromatic rings. The number of halogens is 2. The van der Waals surface area contributed by atoms with E-state index in [0.29, 0.717) is 5.56 Å². The van der Waals surface area contributed by atoms with Crippen molar-refractivity contribution in [1.82, 2.24) is 0 Å². The van der Waals surface area contributed by atoms with Crippen molar-refractivity contribution >= 4 is 40.7 Å². The van der Waals surface area contributed by atoms with Crippen LogP contribution in [0.5, 0.6) is 11.5 Å². The highest BCUT2D eigenvalue weighted by Gasteiger charge is 2.61. The minimum atomic E-state index is -2.06. The van der Waals surface area contributed by atoms with E-state index in [4.69, 9.17) is 42.1 Å². The predicted octanol–water partition coefficient (Wildman–Crippen LogP) is 2.84. The summed E-state index contributed by atoms with van der Waals surface area (Å²) in [5, 5.41) is 0.214. The molecule has 7 nitrogen and oxygen atoms in total. The van der Waals surface area contributed by atoms with Gasteiger partial charge in [-0.2, -0.15) is 0 Å². The molecule has 142 valence electrons.